The predicted octanol–water partition coefficient (Wildman–Crippen LogP) is 4.35. The van der Waals surface area contributed by atoms with Crippen LogP contribution in [0.5, 0.6) is 0 Å². The number of carbonyl (C=O) groups is 1. The minimum atomic E-state index is -0.700. The lowest BCUT2D eigenvalue weighted by molar-refractivity contribution is -0.384. The van der Waals surface area contributed by atoms with Gasteiger partial charge in [0.05, 0.1) is 4.92 Å². The van der Waals surface area contributed by atoms with E-state index in [4.69, 9.17) is 4.42 Å². The summed E-state index contributed by atoms with van der Waals surface area (Å²) in [6.45, 7) is 0.437. The molecule has 9 heteroatoms. The molecule has 1 atom stereocenters. The normalized spacial score (nSPS) is 16.5. The van der Waals surface area contributed by atoms with E-state index >= 15 is 0 Å². The van der Waals surface area contributed by atoms with Crippen molar-refractivity contribution in [3.8, 4) is 0 Å². The number of nitrogens with zero attached hydrogens (tertiary/aromatic N) is 2. The number of fused-ring (bicyclic) bond motifs is 1. The Bertz CT molecular complexity index is 1160. The number of amides is 1. The number of thioether (sulfide) groups is 1. The van der Waals surface area contributed by atoms with Crippen LogP contribution in [0.25, 0.3) is 11.0 Å². The second-order valence-corrected chi connectivity index (χ2v) is 8.31. The fourth-order valence-corrected chi connectivity index (χ4v) is 4.77. The van der Waals surface area contributed by atoms with Crippen molar-refractivity contribution in [3.63, 3.8) is 0 Å². The monoisotopic (exact) mass is 460 g/mol. The molecule has 4 rings (SSSR count). The van der Waals surface area contributed by atoms with Crippen LogP contribution in [-0.4, -0.2) is 28.0 Å². The highest BCUT2D eigenvalue weighted by Crippen LogP contribution is 2.39. The van der Waals surface area contributed by atoms with Crippen molar-refractivity contribution in [2.75, 3.05) is 12.3 Å². The Morgan fingerprint density at radius 1 is 1.25 bits per heavy atom. The first-order valence-electron chi connectivity index (χ1n) is 8.34. The standard InChI is InChI=1S/C19H13BrN2O5S/c20-13-4-5-16-12(8-13)10-15(19(24)27-16)17(23)21-6-7-28-18(21)11-2-1-3-14(9-11)22(25)26/h1-5,8-10,18H,6-7H2. The molecule has 1 aliphatic rings. The number of nitro groups is 1. The second-order valence-electron chi connectivity index (χ2n) is 6.20. The summed E-state index contributed by atoms with van der Waals surface area (Å²) in [4.78, 5) is 37.6. The number of hydrogen-bond donors (Lipinski definition) is 0. The molecule has 0 radical (unpaired) electrons. The number of benzene rings is 2. The van der Waals surface area contributed by atoms with Gasteiger partial charge in [-0.25, -0.2) is 4.79 Å². The van der Waals surface area contributed by atoms with Gasteiger partial charge in [-0.3, -0.25) is 14.9 Å². The van der Waals surface area contributed by atoms with Crippen molar-refractivity contribution in [2.45, 2.75) is 5.37 Å². The molecule has 1 saturated heterocycles. The zero-order chi connectivity index (χ0) is 19.8. The molecule has 2 aromatic carbocycles. The zero-order valence-electron chi connectivity index (χ0n) is 14.3. The van der Waals surface area contributed by atoms with Gasteiger partial charge in [0, 0.05) is 34.3 Å². The lowest BCUT2D eigenvalue weighted by atomic mass is 10.1. The van der Waals surface area contributed by atoms with E-state index in [1.54, 1.807) is 35.2 Å². The molecule has 1 aliphatic heterocycles. The van der Waals surface area contributed by atoms with Crippen LogP contribution in [-0.2, 0) is 0 Å². The van der Waals surface area contributed by atoms with Gasteiger partial charge in [0.2, 0.25) is 0 Å². The van der Waals surface area contributed by atoms with Gasteiger partial charge in [-0.2, -0.15) is 0 Å². The molecule has 0 spiro atoms. The molecule has 142 valence electrons. The molecule has 0 aliphatic carbocycles. The first-order chi connectivity index (χ1) is 13.4. The molecule has 1 amide bonds. The van der Waals surface area contributed by atoms with Crippen LogP contribution in [0.3, 0.4) is 0 Å². The minimum absolute atomic E-state index is 0.0348. The van der Waals surface area contributed by atoms with Crippen LogP contribution in [0.4, 0.5) is 5.69 Å². The van der Waals surface area contributed by atoms with Crippen LogP contribution in [0, 0.1) is 10.1 Å². The smallest absolute Gasteiger partial charge is 0.349 e. The van der Waals surface area contributed by atoms with Gasteiger partial charge in [0.25, 0.3) is 11.6 Å². The SMILES string of the molecule is O=C(c1cc2cc(Br)ccc2oc1=O)N1CCSC1c1cccc([N+](=O)[O-])c1. The molecule has 1 unspecified atom stereocenters. The van der Waals surface area contributed by atoms with E-state index in [2.05, 4.69) is 15.9 Å². The van der Waals surface area contributed by atoms with Gasteiger partial charge in [-0.1, -0.05) is 28.1 Å². The van der Waals surface area contributed by atoms with Gasteiger partial charge >= 0.3 is 5.63 Å². The summed E-state index contributed by atoms with van der Waals surface area (Å²) in [5.74, 6) is 0.223. The molecular formula is C19H13BrN2O5S. The van der Waals surface area contributed by atoms with Crippen LogP contribution in [0.2, 0.25) is 0 Å². The van der Waals surface area contributed by atoms with E-state index in [9.17, 15) is 19.7 Å². The average molecular weight is 461 g/mol. The molecular weight excluding hydrogens is 448 g/mol. The number of rotatable bonds is 3. The summed E-state index contributed by atoms with van der Waals surface area (Å²) in [6, 6.07) is 12.9. The van der Waals surface area contributed by atoms with Gasteiger partial charge in [-0.15, -0.1) is 11.8 Å². The van der Waals surface area contributed by atoms with Crippen LogP contribution >= 0.6 is 27.7 Å². The Labute approximate surface area is 171 Å². The third-order valence-corrected chi connectivity index (χ3v) is 6.20. The Morgan fingerprint density at radius 3 is 2.86 bits per heavy atom. The molecule has 3 aromatic rings. The highest BCUT2D eigenvalue weighted by molar-refractivity contribution is 9.10. The quantitative estimate of drug-likeness (QED) is 0.327. The lowest BCUT2D eigenvalue weighted by Gasteiger charge is -2.23. The van der Waals surface area contributed by atoms with Crippen molar-refractivity contribution >= 4 is 50.3 Å². The summed E-state index contributed by atoms with van der Waals surface area (Å²) < 4.78 is 6.10. The highest BCUT2D eigenvalue weighted by Gasteiger charge is 2.33. The van der Waals surface area contributed by atoms with E-state index in [0.717, 1.165) is 4.47 Å². The van der Waals surface area contributed by atoms with E-state index in [0.29, 0.717) is 28.8 Å². The third-order valence-electron chi connectivity index (χ3n) is 4.44. The van der Waals surface area contributed by atoms with Gasteiger partial charge in [-0.05, 0) is 29.8 Å². The average Bonchev–Trinajstić information content (AvgIpc) is 3.17. The van der Waals surface area contributed by atoms with Gasteiger partial charge in [0.1, 0.15) is 16.5 Å². The molecule has 0 N–H and O–H groups in total. The summed E-state index contributed by atoms with van der Waals surface area (Å²) in [5, 5.41) is 11.3. The van der Waals surface area contributed by atoms with Crippen LogP contribution in [0.15, 0.2) is 62.2 Å². The Balaban J connectivity index is 1.72. The molecule has 7 nitrogen and oxygen atoms in total. The largest absolute Gasteiger partial charge is 0.422 e. The van der Waals surface area contributed by atoms with Crippen molar-refractivity contribution < 1.29 is 14.1 Å². The molecule has 1 fully saturated rings. The number of carbonyl (C=O) groups excluding carboxylic acids is 1. The molecule has 0 bridgehead atoms. The van der Waals surface area contributed by atoms with E-state index in [1.165, 1.54) is 30.0 Å². The zero-order valence-corrected chi connectivity index (χ0v) is 16.7. The highest BCUT2D eigenvalue weighted by atomic mass is 79.9. The minimum Gasteiger partial charge on any atom is -0.422 e. The van der Waals surface area contributed by atoms with E-state index < -0.39 is 21.8 Å². The van der Waals surface area contributed by atoms with Gasteiger partial charge in [0.15, 0.2) is 0 Å². The lowest BCUT2D eigenvalue weighted by Crippen LogP contribution is -2.33. The Morgan fingerprint density at radius 2 is 2.07 bits per heavy atom. The molecule has 28 heavy (non-hydrogen) atoms. The first-order valence-corrected chi connectivity index (χ1v) is 10.2. The van der Waals surface area contributed by atoms with Crippen molar-refractivity contribution in [3.05, 3.63) is 84.7 Å². The van der Waals surface area contributed by atoms with E-state index in [-0.39, 0.29) is 11.3 Å². The van der Waals surface area contributed by atoms with Crippen molar-refractivity contribution in [1.29, 1.82) is 0 Å². The maximum absolute atomic E-state index is 13.1. The van der Waals surface area contributed by atoms with Crippen molar-refractivity contribution in [1.82, 2.24) is 4.90 Å². The molecule has 1 aromatic heterocycles. The Hall–Kier alpha value is -2.65. The fourth-order valence-electron chi connectivity index (χ4n) is 3.14. The maximum atomic E-state index is 13.1. The summed E-state index contributed by atoms with van der Waals surface area (Å²) in [5.41, 5.74) is 0.263. The number of nitro benzene ring substituents is 1. The summed E-state index contributed by atoms with van der Waals surface area (Å²) in [6.07, 6.45) is 0. The van der Waals surface area contributed by atoms with Gasteiger partial charge < -0.3 is 9.32 Å². The number of non-ortho nitro benzene ring substituents is 1. The maximum Gasteiger partial charge on any atom is 0.349 e. The third kappa shape index (κ3) is 3.43. The number of hydrogen-bond acceptors (Lipinski definition) is 6. The summed E-state index contributed by atoms with van der Waals surface area (Å²) in [7, 11) is 0. The Kier molecular flexibility index (Phi) is 4.94. The second kappa shape index (κ2) is 7.40. The number of halogens is 1. The predicted molar refractivity (Wildman–Crippen MR) is 110 cm³/mol. The first kappa shape index (κ1) is 18.7. The van der Waals surface area contributed by atoms with Crippen molar-refractivity contribution in [2.24, 2.45) is 0 Å². The van der Waals surface area contributed by atoms with Crippen LogP contribution in [0.1, 0.15) is 21.3 Å². The molecule has 2 heterocycles. The molecule has 0 saturated carbocycles. The summed E-state index contributed by atoms with van der Waals surface area (Å²) >= 11 is 4.87. The van der Waals surface area contributed by atoms with Crippen LogP contribution < -0.4 is 5.63 Å². The topological polar surface area (TPSA) is 93.7 Å². The fraction of sp³-hybridized carbons (Fsp3) is 0.158. The van der Waals surface area contributed by atoms with E-state index in [1.807, 2.05) is 0 Å².